The summed E-state index contributed by atoms with van der Waals surface area (Å²) in [5.41, 5.74) is 8.95. The molecule has 7 heteroatoms. The molecule has 0 spiro atoms. The topological polar surface area (TPSA) is 102 Å². The summed E-state index contributed by atoms with van der Waals surface area (Å²) in [6.45, 7) is 0. The van der Waals surface area contributed by atoms with Gasteiger partial charge in [-0.05, 0) is 0 Å². The van der Waals surface area contributed by atoms with Gasteiger partial charge in [-0.15, -0.1) is 0 Å². The molecule has 0 aliphatic rings. The van der Waals surface area contributed by atoms with Crippen molar-refractivity contribution in [3.05, 3.63) is 18.2 Å². The Labute approximate surface area is 73.9 Å². The third kappa shape index (κ3) is 2.47. The molecule has 1 aromatic heterocycles. The Balaban J connectivity index is 2.54. The number of hydrogen-bond acceptors (Lipinski definition) is 3. The lowest BCUT2D eigenvalue weighted by Crippen LogP contribution is -2.44. The third-order valence-corrected chi connectivity index (χ3v) is 1.24. The van der Waals surface area contributed by atoms with Crippen molar-refractivity contribution in [3.8, 4) is 0 Å². The maximum absolute atomic E-state index is 11.1. The van der Waals surface area contributed by atoms with Crippen molar-refractivity contribution in [2.75, 3.05) is 0 Å². The summed E-state index contributed by atoms with van der Waals surface area (Å²) < 4.78 is 1.61. The number of primary amides is 1. The molecule has 7 nitrogen and oxygen atoms in total. The zero-order valence-electron chi connectivity index (χ0n) is 6.94. The smallest absolute Gasteiger partial charge is 0.330 e. The SMILES string of the molecule is Cn1cnc(C(=O)NNC(N)=O)c1. The number of aryl methyl sites for hydroxylation is 1. The molecule has 1 rings (SSSR count). The highest BCUT2D eigenvalue weighted by Gasteiger charge is 2.07. The van der Waals surface area contributed by atoms with Crippen LogP contribution in [0.1, 0.15) is 10.5 Å². The van der Waals surface area contributed by atoms with Gasteiger partial charge in [-0.1, -0.05) is 0 Å². The van der Waals surface area contributed by atoms with Crippen LogP contribution in [-0.4, -0.2) is 21.5 Å². The highest BCUT2D eigenvalue weighted by molar-refractivity contribution is 5.93. The molecule has 0 atom stereocenters. The average molecular weight is 183 g/mol. The summed E-state index contributed by atoms with van der Waals surface area (Å²) in [6, 6.07) is -0.829. The minimum Gasteiger partial charge on any atom is -0.350 e. The molecular weight excluding hydrogens is 174 g/mol. The molecule has 1 heterocycles. The fraction of sp³-hybridized carbons (Fsp3) is 0.167. The Hall–Kier alpha value is -2.05. The molecule has 0 saturated heterocycles. The normalized spacial score (nSPS) is 9.31. The van der Waals surface area contributed by atoms with E-state index in [-0.39, 0.29) is 5.69 Å². The standard InChI is InChI=1S/C6H9N5O2/c1-11-2-4(8-3-11)5(12)9-10-6(7)13/h2-3H,1H3,(H,9,12)(H3,7,10,13). The Morgan fingerprint density at radius 2 is 2.23 bits per heavy atom. The number of carbonyl (C=O) groups excluding carboxylic acids is 2. The second kappa shape index (κ2) is 3.57. The number of rotatable bonds is 1. The van der Waals surface area contributed by atoms with E-state index < -0.39 is 11.9 Å². The molecular formula is C6H9N5O2. The van der Waals surface area contributed by atoms with Crippen molar-refractivity contribution in [1.82, 2.24) is 20.4 Å². The number of urea groups is 1. The Bertz CT molecular complexity index is 332. The van der Waals surface area contributed by atoms with Gasteiger partial charge in [-0.25, -0.2) is 15.2 Å². The van der Waals surface area contributed by atoms with Gasteiger partial charge >= 0.3 is 6.03 Å². The third-order valence-electron chi connectivity index (χ3n) is 1.24. The van der Waals surface area contributed by atoms with E-state index in [1.165, 1.54) is 12.5 Å². The van der Waals surface area contributed by atoms with Gasteiger partial charge in [0.2, 0.25) is 0 Å². The van der Waals surface area contributed by atoms with E-state index in [1.54, 1.807) is 11.6 Å². The molecule has 0 aromatic carbocycles. The predicted molar refractivity (Wildman–Crippen MR) is 43.4 cm³/mol. The molecule has 70 valence electrons. The van der Waals surface area contributed by atoms with Gasteiger partial charge in [0.05, 0.1) is 6.33 Å². The van der Waals surface area contributed by atoms with Crippen LogP contribution in [0.25, 0.3) is 0 Å². The van der Waals surface area contributed by atoms with Crippen LogP contribution in [0.2, 0.25) is 0 Å². The summed E-state index contributed by atoms with van der Waals surface area (Å²) in [5.74, 6) is -0.514. The lowest BCUT2D eigenvalue weighted by atomic mass is 10.5. The van der Waals surface area contributed by atoms with E-state index in [0.29, 0.717) is 0 Å². The summed E-state index contributed by atoms with van der Waals surface area (Å²) in [4.78, 5) is 25.1. The first-order valence-electron chi connectivity index (χ1n) is 3.43. The number of carbonyl (C=O) groups is 2. The fourth-order valence-electron chi connectivity index (χ4n) is 0.712. The molecule has 0 aliphatic carbocycles. The van der Waals surface area contributed by atoms with Crippen molar-refractivity contribution >= 4 is 11.9 Å². The average Bonchev–Trinajstić information content (AvgIpc) is 2.47. The second-order valence-electron chi connectivity index (χ2n) is 2.37. The van der Waals surface area contributed by atoms with Gasteiger partial charge in [-0.3, -0.25) is 10.2 Å². The highest BCUT2D eigenvalue weighted by atomic mass is 16.2. The van der Waals surface area contributed by atoms with Gasteiger partial charge in [0, 0.05) is 13.2 Å². The van der Waals surface area contributed by atoms with E-state index in [9.17, 15) is 9.59 Å². The summed E-state index contributed by atoms with van der Waals surface area (Å²) in [5, 5.41) is 0. The molecule has 4 N–H and O–H groups in total. The lowest BCUT2D eigenvalue weighted by Gasteiger charge is -2.00. The molecule has 0 fully saturated rings. The molecule has 0 bridgehead atoms. The second-order valence-corrected chi connectivity index (χ2v) is 2.37. The molecule has 0 unspecified atom stereocenters. The lowest BCUT2D eigenvalue weighted by molar-refractivity contribution is 0.0932. The van der Waals surface area contributed by atoms with Crippen molar-refractivity contribution < 1.29 is 9.59 Å². The van der Waals surface area contributed by atoms with Gasteiger partial charge in [0.1, 0.15) is 5.69 Å². The van der Waals surface area contributed by atoms with E-state index in [0.717, 1.165) is 0 Å². The van der Waals surface area contributed by atoms with Gasteiger partial charge in [-0.2, -0.15) is 0 Å². The number of nitrogens with two attached hydrogens (primary N) is 1. The number of imidazole rings is 1. The number of aromatic nitrogens is 2. The van der Waals surface area contributed by atoms with Crippen molar-refractivity contribution in [3.63, 3.8) is 0 Å². The van der Waals surface area contributed by atoms with Crippen molar-refractivity contribution in [2.24, 2.45) is 12.8 Å². The van der Waals surface area contributed by atoms with E-state index in [2.05, 4.69) is 10.4 Å². The summed E-state index contributed by atoms with van der Waals surface area (Å²) in [7, 11) is 1.73. The molecule has 3 amide bonds. The number of nitrogens with zero attached hydrogens (tertiary/aromatic N) is 2. The number of hydrazine groups is 1. The van der Waals surface area contributed by atoms with Crippen LogP contribution in [0.5, 0.6) is 0 Å². The first-order chi connectivity index (χ1) is 6.09. The monoisotopic (exact) mass is 183 g/mol. The van der Waals surface area contributed by atoms with Gasteiger partial charge < -0.3 is 10.3 Å². The minimum absolute atomic E-state index is 0.205. The zero-order valence-corrected chi connectivity index (χ0v) is 6.94. The first-order valence-corrected chi connectivity index (χ1v) is 3.43. The van der Waals surface area contributed by atoms with Crippen molar-refractivity contribution in [2.45, 2.75) is 0 Å². The number of amides is 3. The van der Waals surface area contributed by atoms with Gasteiger partial charge in [0.15, 0.2) is 0 Å². The number of hydrogen-bond donors (Lipinski definition) is 3. The summed E-state index contributed by atoms with van der Waals surface area (Å²) in [6.07, 6.45) is 2.98. The van der Waals surface area contributed by atoms with Gasteiger partial charge in [0.25, 0.3) is 5.91 Å². The molecule has 0 saturated carbocycles. The van der Waals surface area contributed by atoms with E-state index in [4.69, 9.17) is 5.73 Å². The Morgan fingerprint density at radius 1 is 1.54 bits per heavy atom. The first kappa shape index (κ1) is 9.04. The maximum Gasteiger partial charge on any atom is 0.330 e. The largest absolute Gasteiger partial charge is 0.350 e. The minimum atomic E-state index is -0.829. The zero-order chi connectivity index (χ0) is 9.84. The molecule has 1 aromatic rings. The van der Waals surface area contributed by atoms with Crippen LogP contribution in [0.4, 0.5) is 4.79 Å². The van der Waals surface area contributed by atoms with Crippen LogP contribution >= 0.6 is 0 Å². The molecule has 0 radical (unpaired) electrons. The van der Waals surface area contributed by atoms with Crippen LogP contribution in [-0.2, 0) is 7.05 Å². The molecule has 13 heavy (non-hydrogen) atoms. The fourth-order valence-corrected chi connectivity index (χ4v) is 0.712. The highest BCUT2D eigenvalue weighted by Crippen LogP contribution is 1.91. The van der Waals surface area contributed by atoms with Crippen LogP contribution in [0.3, 0.4) is 0 Å². The Kier molecular flexibility index (Phi) is 2.48. The quantitative estimate of drug-likeness (QED) is 0.473. The van der Waals surface area contributed by atoms with Crippen LogP contribution < -0.4 is 16.6 Å². The van der Waals surface area contributed by atoms with Crippen LogP contribution in [0, 0.1) is 0 Å². The van der Waals surface area contributed by atoms with Crippen molar-refractivity contribution in [1.29, 1.82) is 0 Å². The summed E-state index contributed by atoms with van der Waals surface area (Å²) >= 11 is 0. The molecule has 0 aliphatic heterocycles. The maximum atomic E-state index is 11.1. The predicted octanol–water partition coefficient (Wildman–Crippen LogP) is -1.27. The Morgan fingerprint density at radius 3 is 2.69 bits per heavy atom. The van der Waals surface area contributed by atoms with E-state index >= 15 is 0 Å². The van der Waals surface area contributed by atoms with E-state index in [1.807, 2.05) is 5.43 Å². The van der Waals surface area contributed by atoms with Crippen LogP contribution in [0.15, 0.2) is 12.5 Å². The number of nitrogens with one attached hydrogen (secondary N) is 2.